The molecule has 0 bridgehead atoms. The first-order valence-corrected chi connectivity index (χ1v) is 4.75. The van der Waals surface area contributed by atoms with Crippen LogP contribution in [-0.4, -0.2) is 36.1 Å². The van der Waals surface area contributed by atoms with Crippen molar-refractivity contribution in [2.24, 2.45) is 11.7 Å². The van der Waals surface area contributed by atoms with Gasteiger partial charge in [-0.1, -0.05) is 0 Å². The number of ether oxygens (including phenoxy) is 1. The summed E-state index contributed by atoms with van der Waals surface area (Å²) in [5.41, 5.74) is 5.14. The number of carbonyl (C=O) groups is 2. The monoisotopic (exact) mass is 200 g/mol. The molecular formula is C9H16N2O3. The van der Waals surface area contributed by atoms with Gasteiger partial charge in [0.2, 0.25) is 5.91 Å². The maximum Gasteiger partial charge on any atom is 0.410 e. The number of rotatable bonds is 2. The van der Waals surface area contributed by atoms with Crippen LogP contribution in [0.3, 0.4) is 0 Å². The second-order valence-electron chi connectivity index (χ2n) is 3.77. The minimum Gasteiger partial charge on any atom is -0.447 e. The summed E-state index contributed by atoms with van der Waals surface area (Å²) in [7, 11) is 0. The van der Waals surface area contributed by atoms with Gasteiger partial charge in [0, 0.05) is 13.1 Å². The highest BCUT2D eigenvalue weighted by Crippen LogP contribution is 2.16. The molecule has 1 aliphatic heterocycles. The first-order chi connectivity index (χ1) is 6.50. The van der Waals surface area contributed by atoms with Crippen LogP contribution in [0.25, 0.3) is 0 Å². The quantitative estimate of drug-likeness (QED) is 0.698. The maximum atomic E-state index is 11.4. The largest absolute Gasteiger partial charge is 0.447 e. The molecule has 5 nitrogen and oxygen atoms in total. The van der Waals surface area contributed by atoms with Crippen LogP contribution < -0.4 is 5.73 Å². The number of amides is 2. The van der Waals surface area contributed by atoms with Crippen LogP contribution in [0.4, 0.5) is 4.79 Å². The molecule has 5 heteroatoms. The van der Waals surface area contributed by atoms with Gasteiger partial charge in [-0.05, 0) is 20.3 Å². The molecule has 1 atom stereocenters. The van der Waals surface area contributed by atoms with Gasteiger partial charge >= 0.3 is 6.09 Å². The van der Waals surface area contributed by atoms with E-state index in [4.69, 9.17) is 10.5 Å². The molecule has 1 rings (SSSR count). The minimum atomic E-state index is -0.358. The Labute approximate surface area is 83.2 Å². The lowest BCUT2D eigenvalue weighted by Crippen LogP contribution is -2.33. The Morgan fingerprint density at radius 3 is 2.57 bits per heavy atom. The number of likely N-dealkylation sites (tertiary alicyclic amines) is 1. The Bertz CT molecular complexity index is 240. The van der Waals surface area contributed by atoms with Gasteiger partial charge in [-0.25, -0.2) is 4.79 Å². The van der Waals surface area contributed by atoms with Crippen molar-refractivity contribution < 1.29 is 14.3 Å². The predicted molar refractivity (Wildman–Crippen MR) is 50.5 cm³/mol. The molecule has 0 aromatic heterocycles. The summed E-state index contributed by atoms with van der Waals surface area (Å²) in [6.07, 6.45) is 0.154. The number of hydrogen-bond acceptors (Lipinski definition) is 3. The zero-order valence-corrected chi connectivity index (χ0v) is 8.53. The number of hydrogen-bond donors (Lipinski definition) is 1. The summed E-state index contributed by atoms with van der Waals surface area (Å²) in [5.74, 6) is -0.556. The summed E-state index contributed by atoms with van der Waals surface area (Å²) in [6, 6.07) is 0. The highest BCUT2D eigenvalue weighted by Gasteiger charge is 2.30. The summed E-state index contributed by atoms with van der Waals surface area (Å²) in [4.78, 5) is 23.7. The molecule has 2 N–H and O–H groups in total. The number of carbonyl (C=O) groups excluding carboxylic acids is 2. The Balaban J connectivity index is 2.42. The van der Waals surface area contributed by atoms with E-state index in [-0.39, 0.29) is 24.0 Å². The van der Waals surface area contributed by atoms with E-state index < -0.39 is 0 Å². The molecule has 1 heterocycles. The van der Waals surface area contributed by atoms with Crippen molar-refractivity contribution in [2.45, 2.75) is 26.4 Å². The van der Waals surface area contributed by atoms with E-state index in [1.807, 2.05) is 0 Å². The third-order valence-electron chi connectivity index (χ3n) is 2.19. The van der Waals surface area contributed by atoms with Crippen molar-refractivity contribution in [1.29, 1.82) is 0 Å². The number of nitrogens with two attached hydrogens (primary N) is 1. The van der Waals surface area contributed by atoms with E-state index in [1.165, 1.54) is 4.90 Å². The van der Waals surface area contributed by atoms with Gasteiger partial charge in [0.05, 0.1) is 12.0 Å². The minimum absolute atomic E-state index is 0.130. The molecule has 1 saturated heterocycles. The highest BCUT2D eigenvalue weighted by molar-refractivity contribution is 5.78. The van der Waals surface area contributed by atoms with Crippen molar-refractivity contribution in [3.63, 3.8) is 0 Å². The standard InChI is InChI=1S/C9H16N2O3/c1-6(2)14-9(13)11-4-3-7(5-11)8(10)12/h6-7H,3-5H2,1-2H3,(H2,10,12). The molecule has 0 saturated carbocycles. The fourth-order valence-electron chi connectivity index (χ4n) is 1.43. The summed E-state index contributed by atoms with van der Waals surface area (Å²) >= 11 is 0. The van der Waals surface area contributed by atoms with Crippen molar-refractivity contribution >= 4 is 12.0 Å². The SMILES string of the molecule is CC(C)OC(=O)N1CCC(C(N)=O)C1. The third-order valence-corrected chi connectivity index (χ3v) is 2.19. The molecule has 0 spiro atoms. The van der Waals surface area contributed by atoms with E-state index in [1.54, 1.807) is 13.8 Å². The highest BCUT2D eigenvalue weighted by atomic mass is 16.6. The van der Waals surface area contributed by atoms with Crippen molar-refractivity contribution in [2.75, 3.05) is 13.1 Å². The van der Waals surface area contributed by atoms with Gasteiger partial charge in [-0.2, -0.15) is 0 Å². The van der Waals surface area contributed by atoms with Crippen LogP contribution in [-0.2, 0) is 9.53 Å². The molecular weight excluding hydrogens is 184 g/mol. The fraction of sp³-hybridized carbons (Fsp3) is 0.778. The van der Waals surface area contributed by atoms with Gasteiger partial charge in [-0.3, -0.25) is 4.79 Å². The van der Waals surface area contributed by atoms with E-state index in [0.29, 0.717) is 19.5 Å². The molecule has 80 valence electrons. The lowest BCUT2D eigenvalue weighted by molar-refractivity contribution is -0.121. The second-order valence-corrected chi connectivity index (χ2v) is 3.77. The average molecular weight is 200 g/mol. The smallest absolute Gasteiger partial charge is 0.410 e. The molecule has 0 aromatic carbocycles. The number of nitrogens with zero attached hydrogens (tertiary/aromatic N) is 1. The molecule has 0 radical (unpaired) electrons. The second kappa shape index (κ2) is 4.30. The Morgan fingerprint density at radius 1 is 1.50 bits per heavy atom. The Kier molecular flexibility index (Phi) is 3.33. The zero-order valence-electron chi connectivity index (χ0n) is 8.53. The predicted octanol–water partition coefficient (Wildman–Crippen LogP) is 0.339. The van der Waals surface area contributed by atoms with Crippen molar-refractivity contribution in [1.82, 2.24) is 4.90 Å². The van der Waals surface area contributed by atoms with Gasteiger partial charge in [-0.15, -0.1) is 0 Å². The molecule has 2 amide bonds. The van der Waals surface area contributed by atoms with Crippen LogP contribution in [0.1, 0.15) is 20.3 Å². The van der Waals surface area contributed by atoms with Crippen LogP contribution in [0.2, 0.25) is 0 Å². The van der Waals surface area contributed by atoms with Gasteiger partial charge < -0.3 is 15.4 Å². The van der Waals surface area contributed by atoms with Gasteiger partial charge in [0.1, 0.15) is 0 Å². The van der Waals surface area contributed by atoms with E-state index in [9.17, 15) is 9.59 Å². The Hall–Kier alpha value is -1.26. The van der Waals surface area contributed by atoms with Gasteiger partial charge in [0.15, 0.2) is 0 Å². The Morgan fingerprint density at radius 2 is 2.14 bits per heavy atom. The zero-order chi connectivity index (χ0) is 10.7. The normalized spacial score (nSPS) is 21.4. The molecule has 0 aliphatic carbocycles. The van der Waals surface area contributed by atoms with Crippen molar-refractivity contribution in [3.8, 4) is 0 Å². The van der Waals surface area contributed by atoms with Gasteiger partial charge in [0.25, 0.3) is 0 Å². The first-order valence-electron chi connectivity index (χ1n) is 4.75. The van der Waals surface area contributed by atoms with Crippen LogP contribution in [0.5, 0.6) is 0 Å². The number of primary amides is 1. The van der Waals surface area contributed by atoms with E-state index in [2.05, 4.69) is 0 Å². The summed E-state index contributed by atoms with van der Waals surface area (Å²) in [6.45, 7) is 4.53. The van der Waals surface area contributed by atoms with Crippen molar-refractivity contribution in [3.05, 3.63) is 0 Å². The molecule has 1 aliphatic rings. The average Bonchev–Trinajstić information content (AvgIpc) is 2.50. The molecule has 1 fully saturated rings. The topological polar surface area (TPSA) is 72.6 Å². The van der Waals surface area contributed by atoms with E-state index in [0.717, 1.165) is 0 Å². The molecule has 0 aromatic rings. The van der Waals surface area contributed by atoms with E-state index >= 15 is 0 Å². The fourth-order valence-corrected chi connectivity index (χ4v) is 1.43. The third kappa shape index (κ3) is 2.61. The van der Waals surface area contributed by atoms with Crippen LogP contribution in [0, 0.1) is 5.92 Å². The first kappa shape index (κ1) is 10.8. The van der Waals surface area contributed by atoms with Crippen LogP contribution in [0.15, 0.2) is 0 Å². The maximum absolute atomic E-state index is 11.4. The summed E-state index contributed by atoms with van der Waals surface area (Å²) in [5, 5.41) is 0. The van der Waals surface area contributed by atoms with Crippen LogP contribution >= 0.6 is 0 Å². The molecule has 1 unspecified atom stereocenters. The lowest BCUT2D eigenvalue weighted by Gasteiger charge is -2.17. The molecule has 14 heavy (non-hydrogen) atoms. The lowest BCUT2D eigenvalue weighted by atomic mass is 10.1. The summed E-state index contributed by atoms with van der Waals surface area (Å²) < 4.78 is 5.00.